The monoisotopic (exact) mass is 506 g/mol. The van der Waals surface area contributed by atoms with E-state index in [1.807, 2.05) is 24.9 Å². The van der Waals surface area contributed by atoms with Gasteiger partial charge in [0.1, 0.15) is 5.82 Å². The van der Waals surface area contributed by atoms with Crippen molar-refractivity contribution in [3.05, 3.63) is 65.5 Å². The van der Waals surface area contributed by atoms with E-state index in [1.54, 1.807) is 18.2 Å². The van der Waals surface area contributed by atoms with E-state index in [1.165, 1.54) is 24.3 Å². The van der Waals surface area contributed by atoms with Gasteiger partial charge in [0.25, 0.3) is 0 Å². The summed E-state index contributed by atoms with van der Waals surface area (Å²) in [5, 5.41) is 8.33. The fraction of sp³-hybridized carbons (Fsp3) is 0.278. The van der Waals surface area contributed by atoms with E-state index < -0.39 is 10.0 Å². The first-order chi connectivity index (χ1) is 12.3. The first-order valence-electron chi connectivity index (χ1n) is 8.15. The zero-order chi connectivity index (χ0) is 19.2. The topological polar surface area (TPSA) is 87.8 Å². The molecule has 0 aliphatic heterocycles. The van der Waals surface area contributed by atoms with Crippen LogP contribution in [0, 0.1) is 5.82 Å². The molecular formula is C18H24FIN4O2S. The highest BCUT2D eigenvalue weighted by Gasteiger charge is 2.09. The van der Waals surface area contributed by atoms with Gasteiger partial charge in [0.15, 0.2) is 5.96 Å². The van der Waals surface area contributed by atoms with Crippen LogP contribution >= 0.6 is 24.0 Å². The average molecular weight is 506 g/mol. The Kier molecular flexibility index (Phi) is 9.13. The summed E-state index contributed by atoms with van der Waals surface area (Å²) in [6.45, 7) is 3.40. The molecule has 148 valence electrons. The minimum absolute atomic E-state index is 0. The van der Waals surface area contributed by atoms with Crippen LogP contribution in [0.15, 0.2) is 58.4 Å². The number of nitrogens with two attached hydrogens (primary N) is 1. The number of guanidine groups is 1. The van der Waals surface area contributed by atoms with Gasteiger partial charge < -0.3 is 10.2 Å². The largest absolute Gasteiger partial charge is 0.357 e. The summed E-state index contributed by atoms with van der Waals surface area (Å²) < 4.78 is 36.3. The van der Waals surface area contributed by atoms with Gasteiger partial charge in [0.2, 0.25) is 10.0 Å². The van der Waals surface area contributed by atoms with Gasteiger partial charge in [0.05, 0.1) is 11.4 Å². The van der Waals surface area contributed by atoms with Crippen molar-refractivity contribution in [1.82, 2.24) is 10.2 Å². The molecule has 0 spiro atoms. The molecule has 27 heavy (non-hydrogen) atoms. The summed E-state index contributed by atoms with van der Waals surface area (Å²) in [5.74, 6) is 0.357. The molecule has 0 radical (unpaired) electrons. The number of halogens is 2. The second-order valence-electron chi connectivity index (χ2n) is 5.85. The van der Waals surface area contributed by atoms with E-state index >= 15 is 0 Å². The summed E-state index contributed by atoms with van der Waals surface area (Å²) in [6.07, 6.45) is 0. The number of nitrogens with one attached hydrogen (secondary N) is 1. The summed E-state index contributed by atoms with van der Waals surface area (Å²) >= 11 is 0. The molecule has 0 aliphatic carbocycles. The minimum Gasteiger partial charge on any atom is -0.357 e. The Morgan fingerprint density at radius 1 is 1.19 bits per heavy atom. The van der Waals surface area contributed by atoms with E-state index in [4.69, 9.17) is 5.14 Å². The van der Waals surface area contributed by atoms with Crippen LogP contribution < -0.4 is 10.5 Å². The fourth-order valence-corrected chi connectivity index (χ4v) is 3.02. The SMILES string of the molecule is CCNC(=NCc1cccc(S(N)(=O)=O)c1)N(C)Cc1cccc(F)c1.I. The van der Waals surface area contributed by atoms with Gasteiger partial charge in [-0.1, -0.05) is 24.3 Å². The molecule has 9 heteroatoms. The molecule has 2 rings (SSSR count). The third kappa shape index (κ3) is 7.43. The number of benzene rings is 2. The minimum atomic E-state index is -3.75. The number of nitrogens with zero attached hydrogens (tertiary/aromatic N) is 2. The average Bonchev–Trinajstić information content (AvgIpc) is 2.58. The first kappa shape index (κ1) is 23.3. The van der Waals surface area contributed by atoms with Gasteiger partial charge in [0, 0.05) is 20.1 Å². The number of sulfonamides is 1. The van der Waals surface area contributed by atoms with Gasteiger partial charge in [-0.15, -0.1) is 24.0 Å². The predicted molar refractivity (Wildman–Crippen MR) is 116 cm³/mol. The third-order valence-corrected chi connectivity index (χ3v) is 4.55. The highest BCUT2D eigenvalue weighted by atomic mass is 127. The Balaban J connectivity index is 0.00000364. The molecule has 0 saturated heterocycles. The van der Waals surface area contributed by atoms with Crippen molar-refractivity contribution >= 4 is 40.0 Å². The van der Waals surface area contributed by atoms with Crippen LogP contribution in [0.3, 0.4) is 0 Å². The summed E-state index contributed by atoms with van der Waals surface area (Å²) in [7, 11) is -1.89. The first-order valence-corrected chi connectivity index (χ1v) is 9.70. The predicted octanol–water partition coefficient (Wildman–Crippen LogP) is 2.69. The maximum atomic E-state index is 13.3. The lowest BCUT2D eigenvalue weighted by molar-refractivity contribution is 0.474. The van der Waals surface area contributed by atoms with Crippen molar-refractivity contribution < 1.29 is 12.8 Å². The molecule has 3 N–H and O–H groups in total. The molecule has 0 atom stereocenters. The number of rotatable bonds is 6. The van der Waals surface area contributed by atoms with Crippen LogP contribution in [0.1, 0.15) is 18.1 Å². The number of hydrogen-bond donors (Lipinski definition) is 2. The highest BCUT2D eigenvalue weighted by Crippen LogP contribution is 2.11. The molecular weight excluding hydrogens is 482 g/mol. The normalized spacial score (nSPS) is 11.6. The molecule has 2 aromatic carbocycles. The quantitative estimate of drug-likeness (QED) is 0.359. The molecule has 0 aliphatic rings. The van der Waals surface area contributed by atoms with E-state index in [0.29, 0.717) is 25.6 Å². The highest BCUT2D eigenvalue weighted by molar-refractivity contribution is 14.0. The maximum Gasteiger partial charge on any atom is 0.238 e. The number of aliphatic imine (C=N–C) groups is 1. The molecule has 0 bridgehead atoms. The lowest BCUT2D eigenvalue weighted by Gasteiger charge is -2.22. The summed E-state index contributed by atoms with van der Waals surface area (Å²) in [5.41, 5.74) is 1.56. The molecule has 0 fully saturated rings. The standard InChI is InChI=1S/C18H23FN4O2S.HI/c1-3-21-18(23(2)13-15-7-4-8-16(19)10-15)22-12-14-6-5-9-17(11-14)26(20,24)25;/h4-11H,3,12-13H2,1-2H3,(H,21,22)(H2,20,24,25);1H. The van der Waals surface area contributed by atoms with Crippen molar-refractivity contribution in [2.45, 2.75) is 24.9 Å². The third-order valence-electron chi connectivity index (χ3n) is 3.64. The smallest absolute Gasteiger partial charge is 0.238 e. The summed E-state index contributed by atoms with van der Waals surface area (Å²) in [4.78, 5) is 6.46. The van der Waals surface area contributed by atoms with Crippen molar-refractivity contribution in [2.24, 2.45) is 10.1 Å². The van der Waals surface area contributed by atoms with Crippen LogP contribution in [0.2, 0.25) is 0 Å². The van der Waals surface area contributed by atoms with Gasteiger partial charge in [-0.25, -0.2) is 22.9 Å². The van der Waals surface area contributed by atoms with Gasteiger partial charge in [-0.3, -0.25) is 0 Å². The second-order valence-corrected chi connectivity index (χ2v) is 7.41. The van der Waals surface area contributed by atoms with E-state index in [0.717, 1.165) is 11.1 Å². The molecule has 0 heterocycles. The second kappa shape index (κ2) is 10.6. The van der Waals surface area contributed by atoms with E-state index in [2.05, 4.69) is 10.3 Å². The van der Waals surface area contributed by atoms with Crippen LogP contribution in [0.25, 0.3) is 0 Å². The van der Waals surface area contributed by atoms with Crippen LogP contribution in [-0.2, 0) is 23.1 Å². The van der Waals surface area contributed by atoms with E-state index in [-0.39, 0.29) is 34.7 Å². The fourth-order valence-electron chi connectivity index (χ4n) is 2.44. The van der Waals surface area contributed by atoms with Crippen LogP contribution in [0.4, 0.5) is 4.39 Å². The Labute approximate surface area is 176 Å². The molecule has 0 amide bonds. The van der Waals surface area contributed by atoms with Crippen molar-refractivity contribution in [2.75, 3.05) is 13.6 Å². The number of hydrogen-bond acceptors (Lipinski definition) is 3. The zero-order valence-corrected chi connectivity index (χ0v) is 18.4. The van der Waals surface area contributed by atoms with Gasteiger partial charge >= 0.3 is 0 Å². The van der Waals surface area contributed by atoms with Crippen molar-refractivity contribution in [3.63, 3.8) is 0 Å². The number of primary sulfonamides is 1. The Hall–Kier alpha value is -1.72. The lowest BCUT2D eigenvalue weighted by atomic mass is 10.2. The molecule has 0 aromatic heterocycles. The molecule has 6 nitrogen and oxygen atoms in total. The molecule has 0 saturated carbocycles. The lowest BCUT2D eigenvalue weighted by Crippen LogP contribution is -2.38. The van der Waals surface area contributed by atoms with Crippen molar-refractivity contribution in [1.29, 1.82) is 0 Å². The van der Waals surface area contributed by atoms with Crippen molar-refractivity contribution in [3.8, 4) is 0 Å². The van der Waals surface area contributed by atoms with Crippen LogP contribution in [0.5, 0.6) is 0 Å². The Morgan fingerprint density at radius 3 is 2.48 bits per heavy atom. The Morgan fingerprint density at radius 2 is 1.85 bits per heavy atom. The van der Waals surface area contributed by atoms with Gasteiger partial charge in [-0.05, 0) is 42.3 Å². The Bertz CT molecular complexity index is 890. The van der Waals surface area contributed by atoms with Gasteiger partial charge in [-0.2, -0.15) is 0 Å². The molecule has 2 aromatic rings. The summed E-state index contributed by atoms with van der Waals surface area (Å²) in [6, 6.07) is 12.8. The van der Waals surface area contributed by atoms with E-state index in [9.17, 15) is 12.8 Å². The molecule has 0 unspecified atom stereocenters. The van der Waals surface area contributed by atoms with Crippen LogP contribution in [-0.4, -0.2) is 32.9 Å². The zero-order valence-electron chi connectivity index (χ0n) is 15.2. The maximum absolute atomic E-state index is 13.3.